The predicted molar refractivity (Wildman–Crippen MR) is 139 cm³/mol. The Kier molecular flexibility index (Phi) is 10.4. The van der Waals surface area contributed by atoms with Gasteiger partial charge in [0.2, 0.25) is 5.75 Å². The van der Waals surface area contributed by atoms with Gasteiger partial charge in [-0.05, 0) is 31.2 Å². The number of aromatic nitrogens is 2. The van der Waals surface area contributed by atoms with Gasteiger partial charge in [-0.15, -0.1) is 0 Å². The maximum absolute atomic E-state index is 13.3. The number of halogens is 1. The summed E-state index contributed by atoms with van der Waals surface area (Å²) in [6, 6.07) is 8.40. The highest BCUT2D eigenvalue weighted by atomic mass is 35.5. The van der Waals surface area contributed by atoms with Crippen LogP contribution in [-0.2, 0) is 19.6 Å². The van der Waals surface area contributed by atoms with Gasteiger partial charge in [0, 0.05) is 12.1 Å². The standard InChI is InChI=1S/C24H26ClN3O10S/c1-4-35-21(30)13-37-20-12-16(6-8-18(20)34-3)39(31,32)28-23-22(24(27-14-26-23)36-10-9-29)38-19-11-15(33-2)5-7-17(19)25/h5-8,11-12,14,29H,4,9-10,13H2,1-3H3,(H,26,27,28). The van der Waals surface area contributed by atoms with Crippen molar-refractivity contribution in [2.24, 2.45) is 0 Å². The fourth-order valence-corrected chi connectivity index (χ4v) is 4.21. The van der Waals surface area contributed by atoms with E-state index in [4.69, 9.17) is 40.0 Å². The summed E-state index contributed by atoms with van der Waals surface area (Å²) in [6.07, 6.45) is 1.05. The summed E-state index contributed by atoms with van der Waals surface area (Å²) in [5, 5.41) is 9.37. The van der Waals surface area contributed by atoms with Crippen LogP contribution in [0, 0.1) is 0 Å². The Morgan fingerprint density at radius 2 is 1.82 bits per heavy atom. The van der Waals surface area contributed by atoms with Gasteiger partial charge >= 0.3 is 5.97 Å². The van der Waals surface area contributed by atoms with E-state index in [2.05, 4.69) is 14.7 Å². The Morgan fingerprint density at radius 1 is 1.03 bits per heavy atom. The molecule has 0 unspecified atom stereocenters. The van der Waals surface area contributed by atoms with Crippen molar-refractivity contribution in [1.82, 2.24) is 9.97 Å². The van der Waals surface area contributed by atoms with Crippen molar-refractivity contribution in [1.29, 1.82) is 0 Å². The monoisotopic (exact) mass is 583 g/mol. The zero-order valence-electron chi connectivity index (χ0n) is 21.2. The molecule has 3 aromatic rings. The van der Waals surface area contributed by atoms with Crippen LogP contribution in [0.3, 0.4) is 0 Å². The predicted octanol–water partition coefficient (Wildman–Crippen LogP) is 3.05. The van der Waals surface area contributed by atoms with Crippen LogP contribution in [0.5, 0.6) is 34.6 Å². The van der Waals surface area contributed by atoms with Crippen molar-refractivity contribution in [3.05, 3.63) is 47.7 Å². The quantitative estimate of drug-likeness (QED) is 0.267. The van der Waals surface area contributed by atoms with Gasteiger partial charge in [0.15, 0.2) is 23.9 Å². The second-order valence-corrected chi connectivity index (χ2v) is 9.43. The number of hydrogen-bond donors (Lipinski definition) is 2. The Labute approximate surface area is 229 Å². The third-order valence-corrected chi connectivity index (χ3v) is 6.43. The number of rotatable bonds is 14. The number of aliphatic hydroxyl groups is 1. The van der Waals surface area contributed by atoms with Crippen LogP contribution in [-0.4, -0.2) is 70.1 Å². The Bertz CT molecular complexity index is 1400. The van der Waals surface area contributed by atoms with Gasteiger partial charge in [-0.3, -0.25) is 4.72 Å². The molecular weight excluding hydrogens is 558 g/mol. The molecule has 0 bridgehead atoms. The topological polar surface area (TPSA) is 165 Å². The lowest BCUT2D eigenvalue weighted by molar-refractivity contribution is -0.145. The first kappa shape index (κ1) is 29.5. The molecule has 210 valence electrons. The largest absolute Gasteiger partial charge is 0.497 e. The maximum atomic E-state index is 13.3. The van der Waals surface area contributed by atoms with Crippen LogP contribution >= 0.6 is 11.6 Å². The van der Waals surface area contributed by atoms with Gasteiger partial charge in [-0.1, -0.05) is 11.6 Å². The molecule has 0 fully saturated rings. The lowest BCUT2D eigenvalue weighted by Crippen LogP contribution is -2.17. The minimum atomic E-state index is -4.32. The van der Waals surface area contributed by atoms with Crippen LogP contribution in [0.4, 0.5) is 5.82 Å². The van der Waals surface area contributed by atoms with Gasteiger partial charge < -0.3 is 33.5 Å². The molecule has 2 N–H and O–H groups in total. The molecule has 0 radical (unpaired) electrons. The normalized spacial score (nSPS) is 10.9. The molecule has 15 heteroatoms. The summed E-state index contributed by atoms with van der Waals surface area (Å²) in [7, 11) is -1.51. The van der Waals surface area contributed by atoms with Crippen LogP contribution in [0.25, 0.3) is 0 Å². The first-order chi connectivity index (χ1) is 18.7. The highest BCUT2D eigenvalue weighted by Crippen LogP contribution is 2.40. The fourth-order valence-electron chi connectivity index (χ4n) is 3.03. The molecule has 0 saturated carbocycles. The fraction of sp³-hybridized carbons (Fsp3) is 0.292. The number of sulfonamides is 1. The number of nitrogens with zero attached hydrogens (tertiary/aromatic N) is 2. The number of methoxy groups -OCH3 is 2. The van der Waals surface area contributed by atoms with E-state index in [0.717, 1.165) is 6.33 Å². The minimum Gasteiger partial charge on any atom is -0.497 e. The molecule has 1 aromatic heterocycles. The van der Waals surface area contributed by atoms with Crippen LogP contribution < -0.4 is 28.4 Å². The van der Waals surface area contributed by atoms with Crippen molar-refractivity contribution < 1.29 is 46.7 Å². The van der Waals surface area contributed by atoms with Gasteiger partial charge in [0.25, 0.3) is 15.9 Å². The number of ether oxygens (including phenoxy) is 6. The van der Waals surface area contributed by atoms with E-state index in [-0.39, 0.29) is 64.4 Å². The minimum absolute atomic E-state index is 0.0114. The van der Waals surface area contributed by atoms with Gasteiger partial charge in [0.05, 0.1) is 37.4 Å². The summed E-state index contributed by atoms with van der Waals surface area (Å²) < 4.78 is 61.0. The van der Waals surface area contributed by atoms with Gasteiger partial charge in [-0.25, -0.2) is 18.2 Å². The molecule has 0 saturated heterocycles. The number of carbonyl (C=O) groups excluding carboxylic acids is 1. The molecule has 0 aliphatic carbocycles. The van der Waals surface area contributed by atoms with E-state index < -0.39 is 22.6 Å². The van der Waals surface area contributed by atoms with Gasteiger partial charge in [0.1, 0.15) is 24.4 Å². The third-order valence-electron chi connectivity index (χ3n) is 4.78. The Balaban J connectivity index is 1.98. The molecule has 0 aliphatic rings. The van der Waals surface area contributed by atoms with Crippen molar-refractivity contribution >= 4 is 33.4 Å². The van der Waals surface area contributed by atoms with Crippen molar-refractivity contribution in [2.75, 3.05) is 45.4 Å². The molecule has 1 heterocycles. The molecule has 0 atom stereocenters. The molecule has 13 nitrogen and oxygen atoms in total. The molecule has 3 rings (SSSR count). The van der Waals surface area contributed by atoms with Crippen LogP contribution in [0.2, 0.25) is 5.02 Å². The van der Waals surface area contributed by atoms with E-state index in [9.17, 15) is 18.3 Å². The van der Waals surface area contributed by atoms with Crippen molar-refractivity contribution in [3.8, 4) is 34.6 Å². The Morgan fingerprint density at radius 3 is 2.51 bits per heavy atom. The van der Waals surface area contributed by atoms with Crippen LogP contribution in [0.15, 0.2) is 47.6 Å². The molecule has 0 spiro atoms. The van der Waals surface area contributed by atoms with E-state index in [1.807, 2.05) is 0 Å². The number of esters is 1. The molecular formula is C24H26ClN3O10S. The molecule has 2 aromatic carbocycles. The lowest BCUT2D eigenvalue weighted by atomic mass is 10.3. The van der Waals surface area contributed by atoms with Crippen molar-refractivity contribution in [2.45, 2.75) is 11.8 Å². The summed E-state index contributed by atoms with van der Waals surface area (Å²) >= 11 is 6.26. The highest BCUT2D eigenvalue weighted by molar-refractivity contribution is 7.92. The molecule has 39 heavy (non-hydrogen) atoms. The highest BCUT2D eigenvalue weighted by Gasteiger charge is 2.24. The third kappa shape index (κ3) is 7.75. The zero-order chi connectivity index (χ0) is 28.4. The number of aliphatic hydroxyl groups excluding tert-OH is 1. The second-order valence-electron chi connectivity index (χ2n) is 7.34. The smallest absolute Gasteiger partial charge is 0.344 e. The van der Waals surface area contributed by atoms with Crippen molar-refractivity contribution in [3.63, 3.8) is 0 Å². The second kappa shape index (κ2) is 13.7. The van der Waals surface area contributed by atoms with E-state index in [1.165, 1.54) is 44.6 Å². The summed E-state index contributed by atoms with van der Waals surface area (Å²) in [5.41, 5.74) is 0. The average molecular weight is 584 g/mol. The molecule has 0 aliphatic heterocycles. The number of anilines is 1. The number of carbonyl (C=O) groups is 1. The van der Waals surface area contributed by atoms with Crippen LogP contribution in [0.1, 0.15) is 6.92 Å². The van der Waals surface area contributed by atoms with Gasteiger partial charge in [-0.2, -0.15) is 4.98 Å². The number of hydrogen-bond acceptors (Lipinski definition) is 12. The lowest BCUT2D eigenvalue weighted by Gasteiger charge is -2.17. The first-order valence-electron chi connectivity index (χ1n) is 11.3. The zero-order valence-corrected chi connectivity index (χ0v) is 22.7. The van der Waals surface area contributed by atoms with E-state index in [1.54, 1.807) is 13.0 Å². The maximum Gasteiger partial charge on any atom is 0.344 e. The van der Waals surface area contributed by atoms with E-state index in [0.29, 0.717) is 5.75 Å². The first-order valence-corrected chi connectivity index (χ1v) is 13.2. The summed E-state index contributed by atoms with van der Waals surface area (Å²) in [6.45, 7) is 0.838. The average Bonchev–Trinajstić information content (AvgIpc) is 2.92. The SMILES string of the molecule is CCOC(=O)COc1cc(S(=O)(=O)Nc2ncnc(OCCO)c2Oc2cc(OC)ccc2Cl)ccc1OC. The summed E-state index contributed by atoms with van der Waals surface area (Å²) in [4.78, 5) is 19.4. The molecule has 0 amide bonds. The summed E-state index contributed by atoms with van der Waals surface area (Å²) in [5.74, 6) is -0.624. The van der Waals surface area contributed by atoms with E-state index >= 15 is 0 Å². The number of benzene rings is 2. The number of nitrogens with one attached hydrogen (secondary N) is 1. The Hall–Kier alpha value is -4.01.